The molecule has 0 saturated carbocycles. The van der Waals surface area contributed by atoms with Gasteiger partial charge in [0.05, 0.1) is 48.0 Å². The fourth-order valence-corrected chi connectivity index (χ4v) is 4.23. The Kier molecular flexibility index (Phi) is 46.3. The smallest absolute Gasteiger partial charge is 0.548 e. The van der Waals surface area contributed by atoms with Crippen molar-refractivity contribution in [3.8, 4) is 0 Å². The molecule has 0 rings (SSSR count). The molecule has 16 nitrogen and oxygen atoms in total. The molecule has 45 heavy (non-hydrogen) atoms. The molecule has 4 amide bonds. The van der Waals surface area contributed by atoms with Gasteiger partial charge in [-0.25, -0.2) is 0 Å². The Labute approximate surface area is 292 Å². The van der Waals surface area contributed by atoms with Gasteiger partial charge in [0.2, 0.25) is 25.6 Å². The number of thioether (sulfide) groups is 4. The van der Waals surface area contributed by atoms with Gasteiger partial charge >= 0.3 is 19.5 Å². The Balaban J connectivity index is -0.000000157. The maximum atomic E-state index is 10.3. The van der Waals surface area contributed by atoms with E-state index in [1.54, 1.807) is 0 Å². The van der Waals surface area contributed by atoms with Crippen molar-refractivity contribution in [2.45, 2.75) is 49.9 Å². The van der Waals surface area contributed by atoms with Gasteiger partial charge in [-0.05, 0) is 73.7 Å². The first-order valence-corrected chi connectivity index (χ1v) is 18.0. The van der Waals surface area contributed by atoms with E-state index in [-0.39, 0.29) is 19.5 Å². The number of carbonyl (C=O) groups is 8. The molecule has 0 aromatic rings. The molecule has 4 N–H and O–H groups in total. The van der Waals surface area contributed by atoms with Gasteiger partial charge < -0.3 is 60.9 Å². The quantitative estimate of drug-likeness (QED) is 0.0523. The largest absolute Gasteiger partial charge is 4.00 e. The van der Waals surface area contributed by atoms with Crippen LogP contribution in [0.25, 0.3) is 0 Å². The number of carbonyl (C=O) groups excluding carboxylic acids is 8. The van der Waals surface area contributed by atoms with Crippen LogP contribution in [0.5, 0.6) is 0 Å². The Morgan fingerprint density at radius 1 is 0.467 bits per heavy atom. The first-order valence-electron chi connectivity index (χ1n) is 12.5. The zero-order valence-corrected chi connectivity index (χ0v) is 30.2. The molecule has 0 aliphatic carbocycles. The summed E-state index contributed by atoms with van der Waals surface area (Å²) in [4.78, 5) is 80.5. The Bertz CT molecular complexity index is 694. The van der Waals surface area contributed by atoms with Crippen LogP contribution in [-0.4, -0.2) is 122 Å². The summed E-state index contributed by atoms with van der Waals surface area (Å²) in [5.41, 5.74) is 0. The van der Waals surface area contributed by atoms with Crippen LogP contribution in [0.4, 0.5) is 0 Å². The number of nitrogens with one attached hydrogen (secondary N) is 4. The van der Waals surface area contributed by atoms with Crippen LogP contribution in [0.3, 0.4) is 0 Å². The molecule has 4 atom stereocenters. The molecule has 0 saturated heterocycles. The fraction of sp³-hybridized carbons (Fsp3) is 0.667. The summed E-state index contributed by atoms with van der Waals surface area (Å²) in [7, 11) is 0. The topological polar surface area (TPSA) is 277 Å². The van der Waals surface area contributed by atoms with Gasteiger partial charge in [-0.1, -0.05) is 0 Å². The summed E-state index contributed by atoms with van der Waals surface area (Å²) in [6.45, 7) is 0. The second kappa shape index (κ2) is 39.8. The SMILES string of the molecule is CSCC[C@H](NC=O)C(=O)[O-].CSCC[C@H](NC=O)C(=O)[O-].CSCC[C@H](NC=O)C(=O)[O-].CSCC[C@H](NC=O)C(=O)[O-].[Ru+4]. The number of rotatable bonds is 24. The van der Waals surface area contributed by atoms with Crippen molar-refractivity contribution in [1.82, 2.24) is 21.3 Å². The van der Waals surface area contributed by atoms with E-state index < -0.39 is 48.0 Å². The van der Waals surface area contributed by atoms with Gasteiger partial charge in [0.15, 0.2) is 0 Å². The average Bonchev–Trinajstić information content (AvgIpc) is 2.98. The molecule has 21 heteroatoms. The summed E-state index contributed by atoms with van der Waals surface area (Å²) in [6.07, 6.45) is 10.6. The standard InChI is InChI=1S/4C6H11NO3S.Ru/c4*1-11-3-2-5(6(9)10)7-4-8;/h4*4-5H,2-3H2,1H3,(H,7,8)(H,9,10);/q;;;;+4/p-4/t4*5-;/m0000./s1. The number of carboxylic acids is 4. The van der Waals surface area contributed by atoms with Crippen molar-refractivity contribution < 1.29 is 78.3 Å². The summed E-state index contributed by atoms with van der Waals surface area (Å²) in [6, 6.07) is -3.39. The maximum absolute atomic E-state index is 10.3. The van der Waals surface area contributed by atoms with E-state index in [1.807, 2.05) is 25.0 Å². The van der Waals surface area contributed by atoms with Crippen LogP contribution in [0, 0.1) is 0 Å². The molecular formula is C24H40N4O12RuS4. The van der Waals surface area contributed by atoms with E-state index >= 15 is 0 Å². The number of hydrogen-bond donors (Lipinski definition) is 4. The van der Waals surface area contributed by atoms with E-state index in [4.69, 9.17) is 0 Å². The molecular weight excluding hydrogens is 766 g/mol. The van der Waals surface area contributed by atoms with Gasteiger partial charge in [-0.15, -0.1) is 0 Å². The van der Waals surface area contributed by atoms with E-state index in [9.17, 15) is 58.8 Å². The van der Waals surface area contributed by atoms with Crippen LogP contribution < -0.4 is 41.7 Å². The molecule has 260 valence electrons. The van der Waals surface area contributed by atoms with Gasteiger partial charge in [0, 0.05) is 0 Å². The predicted molar refractivity (Wildman–Crippen MR) is 164 cm³/mol. The molecule has 0 aromatic heterocycles. The summed E-state index contributed by atoms with van der Waals surface area (Å²) < 4.78 is 0. The number of hydrogen-bond acceptors (Lipinski definition) is 16. The van der Waals surface area contributed by atoms with Crippen LogP contribution in [0.15, 0.2) is 0 Å². The number of amides is 4. The van der Waals surface area contributed by atoms with Gasteiger partial charge in [-0.2, -0.15) is 47.0 Å². The van der Waals surface area contributed by atoms with Crippen molar-refractivity contribution in [2.75, 3.05) is 48.0 Å². The molecule has 0 heterocycles. The Morgan fingerprint density at radius 3 is 0.711 bits per heavy atom. The van der Waals surface area contributed by atoms with E-state index in [0.717, 1.165) is 0 Å². The third-order valence-electron chi connectivity index (χ3n) is 4.66. The Morgan fingerprint density at radius 2 is 0.622 bits per heavy atom. The number of aliphatic carboxylic acids is 4. The van der Waals surface area contributed by atoms with Crippen LogP contribution in [0.2, 0.25) is 0 Å². The van der Waals surface area contributed by atoms with Crippen molar-refractivity contribution >= 4 is 96.6 Å². The van der Waals surface area contributed by atoms with Crippen LogP contribution >= 0.6 is 47.0 Å². The minimum Gasteiger partial charge on any atom is -0.548 e. The summed E-state index contributed by atoms with van der Waals surface area (Å²) >= 11 is 6.10. The summed E-state index contributed by atoms with van der Waals surface area (Å²) in [5, 5.41) is 49.7. The molecule has 0 bridgehead atoms. The molecule has 0 aromatic carbocycles. The third kappa shape index (κ3) is 37.9. The van der Waals surface area contributed by atoms with Crippen LogP contribution in [-0.2, 0) is 57.8 Å². The first-order chi connectivity index (χ1) is 20.9. The second-order valence-electron chi connectivity index (χ2n) is 7.75. The van der Waals surface area contributed by atoms with Crippen molar-refractivity contribution in [1.29, 1.82) is 0 Å². The maximum Gasteiger partial charge on any atom is 4.00 e. The normalized spacial score (nSPS) is 11.8. The van der Waals surface area contributed by atoms with Crippen molar-refractivity contribution in [2.24, 2.45) is 0 Å². The second-order valence-corrected chi connectivity index (χ2v) is 11.7. The summed E-state index contributed by atoms with van der Waals surface area (Å²) in [5.74, 6) is -2.15. The zero-order valence-electron chi connectivity index (χ0n) is 25.2. The molecule has 0 fully saturated rings. The van der Waals surface area contributed by atoms with Gasteiger partial charge in [0.1, 0.15) is 0 Å². The zero-order chi connectivity index (χ0) is 34.8. The molecule has 0 radical (unpaired) electrons. The Hall–Kier alpha value is -2.22. The van der Waals surface area contributed by atoms with Crippen molar-refractivity contribution in [3.63, 3.8) is 0 Å². The molecule has 0 unspecified atom stereocenters. The van der Waals surface area contributed by atoms with E-state index in [2.05, 4.69) is 21.3 Å². The monoisotopic (exact) mass is 806 g/mol. The fourth-order valence-electron chi connectivity index (χ4n) is 2.35. The first kappa shape index (κ1) is 52.3. The third-order valence-corrected chi connectivity index (χ3v) is 7.23. The van der Waals surface area contributed by atoms with Crippen LogP contribution in [0.1, 0.15) is 25.7 Å². The van der Waals surface area contributed by atoms with Crippen molar-refractivity contribution in [3.05, 3.63) is 0 Å². The number of carboxylic acid groups (broad SMARTS) is 4. The van der Waals surface area contributed by atoms with Gasteiger partial charge in [-0.3, -0.25) is 19.2 Å². The van der Waals surface area contributed by atoms with E-state index in [0.29, 0.717) is 74.3 Å². The minimum atomic E-state index is -1.23. The average molecular weight is 806 g/mol. The molecule has 0 aliphatic heterocycles. The molecule has 0 spiro atoms. The minimum absolute atomic E-state index is 0. The van der Waals surface area contributed by atoms with Gasteiger partial charge in [0.25, 0.3) is 0 Å². The molecule has 0 aliphatic rings. The predicted octanol–water partition coefficient (Wildman–Crippen LogP) is -5.59. The van der Waals surface area contributed by atoms with E-state index in [1.165, 1.54) is 47.0 Å².